The van der Waals surface area contributed by atoms with Crippen LogP contribution in [0.2, 0.25) is 0 Å². The molecule has 1 aromatic carbocycles. The minimum absolute atomic E-state index is 0.0653. The smallest absolute Gasteiger partial charge is 0.314 e. The van der Waals surface area contributed by atoms with Crippen LogP contribution in [-0.4, -0.2) is 30.8 Å². The Morgan fingerprint density at radius 2 is 2.08 bits per heavy atom. The van der Waals surface area contributed by atoms with Crippen molar-refractivity contribution in [3.63, 3.8) is 0 Å². The van der Waals surface area contributed by atoms with Crippen molar-refractivity contribution in [3.8, 4) is 5.75 Å². The number of amides is 2. The molecule has 0 bridgehead atoms. The van der Waals surface area contributed by atoms with Crippen molar-refractivity contribution < 1.29 is 19.1 Å². The second-order valence-electron chi connectivity index (χ2n) is 6.74. The van der Waals surface area contributed by atoms with Gasteiger partial charge in [-0.1, -0.05) is 18.2 Å². The van der Waals surface area contributed by atoms with Gasteiger partial charge in [-0.15, -0.1) is 0 Å². The van der Waals surface area contributed by atoms with Crippen LogP contribution in [0, 0.1) is 12.8 Å². The fourth-order valence-electron chi connectivity index (χ4n) is 2.88. The molecule has 6 nitrogen and oxygen atoms in total. The molecule has 0 unspecified atom stereocenters. The maximum Gasteiger partial charge on any atom is 0.314 e. The number of hydrogen-bond acceptors (Lipinski definition) is 4. The van der Waals surface area contributed by atoms with Gasteiger partial charge in [0.1, 0.15) is 22.9 Å². The quantitative estimate of drug-likeness (QED) is 0.777. The Morgan fingerprint density at radius 1 is 1.28 bits per heavy atom. The van der Waals surface area contributed by atoms with Gasteiger partial charge in [0.05, 0.1) is 13.2 Å². The van der Waals surface area contributed by atoms with Crippen LogP contribution >= 0.6 is 0 Å². The summed E-state index contributed by atoms with van der Waals surface area (Å²) in [6.45, 7) is 4.58. The number of carbonyl (C=O) groups excluding carboxylic acids is 1. The topological polar surface area (TPSA) is 83.7 Å². The van der Waals surface area contributed by atoms with E-state index in [2.05, 4.69) is 10.6 Å². The van der Waals surface area contributed by atoms with Crippen molar-refractivity contribution in [3.05, 3.63) is 53.5 Å². The first kappa shape index (κ1) is 17.4. The van der Waals surface area contributed by atoms with Gasteiger partial charge < -0.3 is 24.9 Å². The summed E-state index contributed by atoms with van der Waals surface area (Å²) in [6.07, 6.45) is 0.875. The number of aliphatic hydroxyl groups is 1. The molecule has 0 spiro atoms. The fraction of sp³-hybridized carbons (Fsp3) is 0.421. The van der Waals surface area contributed by atoms with E-state index in [-0.39, 0.29) is 18.5 Å². The van der Waals surface area contributed by atoms with E-state index in [4.69, 9.17) is 9.15 Å². The largest absolute Gasteiger partial charge is 0.493 e. The van der Waals surface area contributed by atoms with Crippen molar-refractivity contribution in [2.75, 3.05) is 19.7 Å². The predicted molar refractivity (Wildman–Crippen MR) is 93.5 cm³/mol. The number of benzene rings is 1. The maximum atomic E-state index is 12.0. The van der Waals surface area contributed by atoms with E-state index >= 15 is 0 Å². The molecule has 0 fully saturated rings. The number of ether oxygens (including phenoxy) is 1. The molecule has 2 amide bonds. The van der Waals surface area contributed by atoms with E-state index in [1.807, 2.05) is 31.2 Å². The zero-order valence-electron chi connectivity index (χ0n) is 14.5. The van der Waals surface area contributed by atoms with Crippen LogP contribution in [-0.2, 0) is 12.0 Å². The van der Waals surface area contributed by atoms with Crippen LogP contribution in [0.15, 0.2) is 40.8 Å². The lowest BCUT2D eigenvalue weighted by Gasteiger charge is -2.26. The molecule has 1 aliphatic heterocycles. The van der Waals surface area contributed by atoms with Gasteiger partial charge in [0, 0.05) is 12.5 Å². The SMILES string of the molecule is Cc1ccc([C@](C)(O)CNC(=O)NC[C@H]2COc3ccccc3C2)o1. The van der Waals surface area contributed by atoms with Gasteiger partial charge in [-0.25, -0.2) is 4.79 Å². The van der Waals surface area contributed by atoms with Crippen molar-refractivity contribution in [2.45, 2.75) is 25.9 Å². The van der Waals surface area contributed by atoms with Gasteiger partial charge in [0.2, 0.25) is 0 Å². The number of rotatable bonds is 5. The molecule has 134 valence electrons. The van der Waals surface area contributed by atoms with Crippen LogP contribution in [0.3, 0.4) is 0 Å². The molecule has 1 aliphatic rings. The normalized spacial score (nSPS) is 18.6. The molecule has 2 atom stereocenters. The number of urea groups is 1. The average molecular weight is 344 g/mol. The third-order valence-electron chi connectivity index (χ3n) is 4.37. The Morgan fingerprint density at radius 3 is 2.84 bits per heavy atom. The number of nitrogens with one attached hydrogen (secondary N) is 2. The summed E-state index contributed by atoms with van der Waals surface area (Å²) in [5.41, 5.74) is -0.0875. The Balaban J connectivity index is 1.44. The van der Waals surface area contributed by atoms with Crippen molar-refractivity contribution >= 4 is 6.03 Å². The standard InChI is InChI=1S/C19H24N2O4/c1-13-7-8-17(25-13)19(2,23)12-21-18(22)20-10-14-9-15-5-3-4-6-16(15)24-11-14/h3-8,14,23H,9-12H2,1-2H3,(H2,20,21,22)/t14-,19+/m0/s1. The Bertz CT molecular complexity index is 739. The van der Waals surface area contributed by atoms with E-state index in [1.54, 1.807) is 19.1 Å². The molecule has 25 heavy (non-hydrogen) atoms. The van der Waals surface area contributed by atoms with Crippen LogP contribution in [0.5, 0.6) is 5.75 Å². The summed E-state index contributed by atoms with van der Waals surface area (Å²) in [7, 11) is 0. The van der Waals surface area contributed by atoms with E-state index in [9.17, 15) is 9.90 Å². The number of para-hydroxylation sites is 1. The van der Waals surface area contributed by atoms with Crippen molar-refractivity contribution in [2.24, 2.45) is 5.92 Å². The molecule has 3 rings (SSSR count). The lowest BCUT2D eigenvalue weighted by atomic mass is 9.97. The summed E-state index contributed by atoms with van der Waals surface area (Å²) in [5.74, 6) is 2.31. The first-order valence-electron chi connectivity index (χ1n) is 8.46. The third-order valence-corrected chi connectivity index (χ3v) is 4.37. The van der Waals surface area contributed by atoms with Crippen molar-refractivity contribution in [1.29, 1.82) is 0 Å². The molecule has 0 saturated heterocycles. The van der Waals surface area contributed by atoms with Crippen LogP contribution in [0.25, 0.3) is 0 Å². The highest BCUT2D eigenvalue weighted by atomic mass is 16.5. The summed E-state index contributed by atoms with van der Waals surface area (Å²) in [6, 6.07) is 11.1. The number of hydrogen-bond donors (Lipinski definition) is 3. The van der Waals surface area contributed by atoms with Crippen LogP contribution in [0.4, 0.5) is 4.79 Å². The summed E-state index contributed by atoms with van der Waals surface area (Å²) >= 11 is 0. The molecular weight excluding hydrogens is 320 g/mol. The number of furan rings is 1. The first-order valence-corrected chi connectivity index (χ1v) is 8.46. The van der Waals surface area contributed by atoms with Crippen LogP contribution in [0.1, 0.15) is 24.0 Å². The molecule has 0 aliphatic carbocycles. The van der Waals surface area contributed by atoms with Gasteiger partial charge in [0.15, 0.2) is 0 Å². The molecule has 0 saturated carbocycles. The fourth-order valence-corrected chi connectivity index (χ4v) is 2.88. The Labute approximate surface area is 147 Å². The van der Waals surface area contributed by atoms with Gasteiger partial charge in [0.25, 0.3) is 0 Å². The molecule has 0 radical (unpaired) electrons. The molecule has 3 N–H and O–H groups in total. The van der Waals surface area contributed by atoms with Gasteiger partial charge in [-0.2, -0.15) is 0 Å². The number of carbonyl (C=O) groups is 1. The van der Waals surface area contributed by atoms with Crippen molar-refractivity contribution in [1.82, 2.24) is 10.6 Å². The highest BCUT2D eigenvalue weighted by Gasteiger charge is 2.27. The monoisotopic (exact) mass is 344 g/mol. The third kappa shape index (κ3) is 4.33. The highest BCUT2D eigenvalue weighted by molar-refractivity contribution is 5.73. The van der Waals surface area contributed by atoms with Gasteiger partial charge >= 0.3 is 6.03 Å². The summed E-state index contributed by atoms with van der Waals surface area (Å²) in [5, 5.41) is 15.9. The van der Waals surface area contributed by atoms with E-state index in [0.717, 1.165) is 23.5 Å². The molecule has 2 heterocycles. The maximum absolute atomic E-state index is 12.0. The van der Waals surface area contributed by atoms with E-state index in [1.165, 1.54) is 0 Å². The zero-order valence-corrected chi connectivity index (χ0v) is 14.5. The molecule has 1 aromatic heterocycles. The lowest BCUT2D eigenvalue weighted by Crippen LogP contribution is -2.45. The minimum Gasteiger partial charge on any atom is -0.493 e. The second kappa shape index (κ2) is 7.19. The van der Waals surface area contributed by atoms with Gasteiger partial charge in [-0.05, 0) is 44.0 Å². The number of fused-ring (bicyclic) bond motifs is 1. The molecule has 2 aromatic rings. The summed E-state index contributed by atoms with van der Waals surface area (Å²) in [4.78, 5) is 12.0. The highest BCUT2D eigenvalue weighted by Crippen LogP contribution is 2.26. The van der Waals surface area contributed by atoms with Crippen LogP contribution < -0.4 is 15.4 Å². The minimum atomic E-state index is -1.25. The zero-order chi connectivity index (χ0) is 17.9. The predicted octanol–water partition coefficient (Wildman–Crippen LogP) is 2.35. The molecule has 6 heteroatoms. The molecular formula is C19H24N2O4. The van der Waals surface area contributed by atoms with E-state index in [0.29, 0.717) is 18.9 Å². The second-order valence-corrected chi connectivity index (χ2v) is 6.74. The Hall–Kier alpha value is -2.47. The average Bonchev–Trinajstić information content (AvgIpc) is 3.05. The van der Waals surface area contributed by atoms with E-state index < -0.39 is 5.60 Å². The number of aryl methyl sites for hydroxylation is 1. The summed E-state index contributed by atoms with van der Waals surface area (Å²) < 4.78 is 11.1. The lowest BCUT2D eigenvalue weighted by molar-refractivity contribution is 0.0359. The Kier molecular flexibility index (Phi) is 4.99. The van der Waals surface area contributed by atoms with Gasteiger partial charge in [-0.3, -0.25) is 0 Å². The first-order chi connectivity index (χ1) is 11.9.